The van der Waals surface area contributed by atoms with Gasteiger partial charge in [-0.25, -0.2) is 60.7 Å². The Bertz CT molecular complexity index is 2560. The van der Waals surface area contributed by atoms with Crippen molar-refractivity contribution in [2.24, 2.45) is 0 Å². The first kappa shape index (κ1) is 48.4. The average molecular weight is 823 g/mol. The third kappa shape index (κ3) is 11.4. The van der Waals surface area contributed by atoms with Gasteiger partial charge in [0.2, 0.25) is 0 Å². The molecule has 59 heavy (non-hydrogen) atoms. The van der Waals surface area contributed by atoms with E-state index in [2.05, 4.69) is 39.7 Å². The first-order valence-corrected chi connectivity index (χ1v) is 16.0. The van der Waals surface area contributed by atoms with E-state index in [1.54, 1.807) is 41.5 Å². The van der Waals surface area contributed by atoms with Crippen molar-refractivity contribution in [2.45, 2.75) is 52.7 Å². The van der Waals surface area contributed by atoms with Gasteiger partial charge in [-0.05, 0) is 41.5 Å². The number of methoxy groups -OCH3 is 2. The van der Waals surface area contributed by atoms with E-state index in [0.717, 1.165) is 64.6 Å². The molecule has 0 unspecified atom stereocenters. The SMILES string of the molecule is CC(C)(C)OC(=O)c1cc([C-]=O)nc2c(F)cnn12.COC(=O)c1cc(C(=O)O)n2ncc(F)c2n1.COC(=O)c1cc(C(=O)OC(C)(C)C)n2ncc(F)c2n1.[Li+].[OH-]. The van der Waals surface area contributed by atoms with Gasteiger partial charge in [0.05, 0.1) is 38.5 Å². The smallest absolute Gasteiger partial charge is 0.870 e. The molecule has 0 spiro atoms. The number of aromatic nitrogens is 9. The number of hydrogen-bond donors (Lipinski definition) is 1. The summed E-state index contributed by atoms with van der Waals surface area (Å²) in [6.45, 7) is 10.1. The average Bonchev–Trinajstić information content (AvgIpc) is 3.84. The van der Waals surface area contributed by atoms with Crippen LogP contribution in [0.15, 0.2) is 36.8 Å². The molecule has 0 aromatic carbocycles. The van der Waals surface area contributed by atoms with Crippen LogP contribution < -0.4 is 18.9 Å². The van der Waals surface area contributed by atoms with Gasteiger partial charge in [-0.15, -0.1) is 6.07 Å². The van der Waals surface area contributed by atoms with E-state index in [-0.39, 0.29) is 75.4 Å². The number of carboxylic acids is 1. The number of fused-ring (bicyclic) bond motifs is 3. The number of ether oxygens (including phenoxy) is 4. The summed E-state index contributed by atoms with van der Waals surface area (Å²) in [4.78, 5) is 79.6. The van der Waals surface area contributed by atoms with E-state index < -0.39 is 58.5 Å². The van der Waals surface area contributed by atoms with Crippen molar-refractivity contribution in [3.63, 3.8) is 0 Å². The molecule has 2 N–H and O–H groups in total. The van der Waals surface area contributed by atoms with Gasteiger partial charge in [0, 0.05) is 18.4 Å². The van der Waals surface area contributed by atoms with Gasteiger partial charge in [-0.1, -0.05) is 5.69 Å². The second-order valence-corrected chi connectivity index (χ2v) is 13.2. The van der Waals surface area contributed by atoms with Crippen LogP contribution in [0.4, 0.5) is 13.2 Å². The van der Waals surface area contributed by atoms with E-state index in [0.29, 0.717) is 0 Å². The molecule has 21 nitrogen and oxygen atoms in total. The number of aromatic carboxylic acids is 1. The second kappa shape index (κ2) is 19.1. The predicted molar refractivity (Wildman–Crippen MR) is 186 cm³/mol. The minimum absolute atomic E-state index is 0. The zero-order valence-corrected chi connectivity index (χ0v) is 32.6. The third-order valence-corrected chi connectivity index (χ3v) is 6.62. The van der Waals surface area contributed by atoms with Gasteiger partial charge in [-0.2, -0.15) is 15.3 Å². The molecule has 0 atom stereocenters. The summed E-state index contributed by atoms with van der Waals surface area (Å²) < 4.78 is 62.3. The van der Waals surface area contributed by atoms with Gasteiger partial charge in [0.15, 0.2) is 57.2 Å². The van der Waals surface area contributed by atoms with Crippen LogP contribution in [-0.4, -0.2) is 116 Å². The number of rotatable bonds is 6. The van der Waals surface area contributed by atoms with E-state index in [1.807, 2.05) is 0 Å². The molecule has 0 radical (unpaired) electrons. The van der Waals surface area contributed by atoms with Crippen molar-refractivity contribution >= 4 is 53.1 Å². The quantitative estimate of drug-likeness (QED) is 0.101. The Balaban J connectivity index is 0.000000302. The molecule has 0 saturated heterocycles. The van der Waals surface area contributed by atoms with E-state index in [4.69, 9.17) is 14.6 Å². The van der Waals surface area contributed by atoms with Gasteiger partial charge in [0.1, 0.15) is 11.2 Å². The number of nitrogens with zero attached hydrogens (tertiary/aromatic N) is 9. The number of hydrogen-bond acceptors (Lipinski definition) is 17. The Labute approximate surface area is 341 Å². The number of carbonyl (C=O) groups excluding carboxylic acids is 5. The van der Waals surface area contributed by atoms with Crippen LogP contribution in [0.25, 0.3) is 16.9 Å². The van der Waals surface area contributed by atoms with Crippen molar-refractivity contribution < 1.29 is 90.3 Å². The first-order chi connectivity index (χ1) is 26.6. The van der Waals surface area contributed by atoms with E-state index in [9.17, 15) is 41.9 Å². The second-order valence-electron chi connectivity index (χ2n) is 13.2. The van der Waals surface area contributed by atoms with Gasteiger partial charge < -0.3 is 34.3 Å². The normalized spacial score (nSPS) is 10.8. The fourth-order valence-corrected chi connectivity index (χ4v) is 4.38. The molecule has 0 aliphatic carbocycles. The summed E-state index contributed by atoms with van der Waals surface area (Å²) in [5.74, 6) is -6.78. The largest absolute Gasteiger partial charge is 1.00 e. The summed E-state index contributed by atoms with van der Waals surface area (Å²) in [6, 6.07) is 3.27. The molecule has 6 heterocycles. The zero-order chi connectivity index (χ0) is 42.6. The van der Waals surface area contributed by atoms with Crippen LogP contribution in [-0.2, 0) is 23.7 Å². The molecule has 0 bridgehead atoms. The van der Waals surface area contributed by atoms with Crippen LogP contribution in [0.2, 0.25) is 0 Å². The summed E-state index contributed by atoms with van der Waals surface area (Å²) in [5, 5.41) is 19.8. The van der Waals surface area contributed by atoms with Crippen LogP contribution >= 0.6 is 0 Å². The topological polar surface area (TPSA) is 280 Å². The Kier molecular flexibility index (Phi) is 15.7. The minimum atomic E-state index is -1.36. The van der Waals surface area contributed by atoms with E-state index in [1.165, 1.54) is 6.29 Å². The summed E-state index contributed by atoms with van der Waals surface area (Å²) in [7, 11) is 2.27. The van der Waals surface area contributed by atoms with Gasteiger partial charge in [0.25, 0.3) is 0 Å². The molecule has 6 aromatic heterocycles. The molecule has 0 aliphatic heterocycles. The van der Waals surface area contributed by atoms with Gasteiger partial charge >= 0.3 is 48.7 Å². The monoisotopic (exact) mass is 822 g/mol. The Morgan fingerprint density at radius 1 is 0.610 bits per heavy atom. The Morgan fingerprint density at radius 3 is 1.29 bits per heavy atom. The van der Waals surface area contributed by atoms with Crippen molar-refractivity contribution in [3.05, 3.63) is 88.4 Å². The van der Waals surface area contributed by atoms with Crippen molar-refractivity contribution in [1.82, 2.24) is 43.8 Å². The number of carbonyl (C=O) groups is 5. The summed E-state index contributed by atoms with van der Waals surface area (Å²) in [5.41, 5.74) is -3.53. The Morgan fingerprint density at radius 2 is 0.949 bits per heavy atom. The molecule has 308 valence electrons. The molecule has 25 heteroatoms. The zero-order valence-electron chi connectivity index (χ0n) is 32.6. The molecule has 0 amide bonds. The molecule has 0 aliphatic rings. The van der Waals surface area contributed by atoms with Gasteiger partial charge in [-0.3, -0.25) is 4.98 Å². The molecular formula is C34H32F3LiN9O12-. The molecule has 6 aromatic rings. The maximum absolute atomic E-state index is 13.6. The van der Waals surface area contributed by atoms with E-state index >= 15 is 0 Å². The van der Waals surface area contributed by atoms with Crippen molar-refractivity contribution in [1.29, 1.82) is 0 Å². The fourth-order valence-electron chi connectivity index (χ4n) is 4.38. The van der Waals surface area contributed by atoms with Crippen LogP contribution in [0.3, 0.4) is 0 Å². The molecule has 0 saturated carbocycles. The molecule has 0 fully saturated rings. The molecule has 6 rings (SSSR count). The number of esters is 4. The minimum Gasteiger partial charge on any atom is -0.870 e. The van der Waals surface area contributed by atoms with Crippen LogP contribution in [0, 0.1) is 17.5 Å². The number of halogens is 3. The maximum Gasteiger partial charge on any atom is 1.00 e. The van der Waals surface area contributed by atoms with Crippen molar-refractivity contribution in [3.8, 4) is 0 Å². The number of carboxylic acid groups (broad SMARTS) is 1. The predicted octanol–water partition coefficient (Wildman–Crippen LogP) is 0.0722. The van der Waals surface area contributed by atoms with Crippen molar-refractivity contribution in [2.75, 3.05) is 14.2 Å². The molecular weight excluding hydrogens is 790 g/mol. The third-order valence-electron chi connectivity index (χ3n) is 6.62. The Hall–Kier alpha value is -6.77. The standard InChI is InChI=1S/C13H14FN3O4.C12H11FN3O3.C9H6FN3O4.Li.H2O/c1-13(2,3)21-12(19)9-5-8(11(18)20-4)16-10-7(14)6-15-17(9)10;1-12(2,3)19-11(18)9-4-7(6-17)15-10-8(13)5-14-16(9)10;1-17-9(16)5-2-6(8(14)15)13-7(12-5)4(10)3-11-13;;/h5-6H,1-4H3;4-5H,1-3H3;2-3H,1H3,(H,14,15);;1H2/q;-1;;+1;/p-1. The summed E-state index contributed by atoms with van der Waals surface area (Å²) >= 11 is 0. The first-order valence-electron chi connectivity index (χ1n) is 16.0. The fraction of sp³-hybridized carbons (Fsp3) is 0.294. The van der Waals surface area contributed by atoms with Crippen LogP contribution in [0.5, 0.6) is 0 Å². The van der Waals surface area contributed by atoms with Crippen LogP contribution in [0.1, 0.15) is 99.7 Å². The maximum atomic E-state index is 13.6. The summed E-state index contributed by atoms with van der Waals surface area (Å²) in [6.07, 6.45) is 4.14.